The Morgan fingerprint density at radius 3 is 2.82 bits per heavy atom. The van der Waals surface area contributed by atoms with Crippen LogP contribution in [0.3, 0.4) is 0 Å². The summed E-state index contributed by atoms with van der Waals surface area (Å²) in [7, 11) is 0. The summed E-state index contributed by atoms with van der Waals surface area (Å²) in [4.78, 5) is 0. The van der Waals surface area contributed by atoms with Crippen molar-refractivity contribution in [2.24, 2.45) is 11.3 Å². The van der Waals surface area contributed by atoms with Gasteiger partial charge in [-0.05, 0) is 59.9 Å². The molecule has 0 aliphatic heterocycles. The number of hydrogen-bond donors (Lipinski definition) is 1. The molecule has 1 aromatic heterocycles. The van der Waals surface area contributed by atoms with Crippen molar-refractivity contribution in [3.63, 3.8) is 0 Å². The van der Waals surface area contributed by atoms with Gasteiger partial charge in [0.15, 0.2) is 0 Å². The van der Waals surface area contributed by atoms with E-state index in [-0.39, 0.29) is 0 Å². The van der Waals surface area contributed by atoms with E-state index in [9.17, 15) is 0 Å². The molecule has 0 bridgehead atoms. The zero-order chi connectivity index (χ0) is 12.5. The van der Waals surface area contributed by atoms with Gasteiger partial charge < -0.3 is 5.32 Å². The third kappa shape index (κ3) is 3.32. The largest absolute Gasteiger partial charge is 0.307 e. The van der Waals surface area contributed by atoms with Gasteiger partial charge in [-0.25, -0.2) is 0 Å². The molecule has 2 rings (SSSR count). The number of hydrogen-bond acceptors (Lipinski definition) is 2. The summed E-state index contributed by atoms with van der Waals surface area (Å²) in [5.41, 5.74) is 1.98. The van der Waals surface area contributed by atoms with Crippen LogP contribution in [0.25, 0.3) is 0 Å². The zero-order valence-electron chi connectivity index (χ0n) is 11.5. The first-order valence-corrected chi connectivity index (χ1v) is 7.70. The van der Waals surface area contributed by atoms with Gasteiger partial charge in [-0.3, -0.25) is 0 Å². The van der Waals surface area contributed by atoms with Crippen molar-refractivity contribution in [3.8, 4) is 0 Å². The molecule has 2 heteroatoms. The normalized spacial score (nSPS) is 30.1. The average molecular weight is 251 g/mol. The molecule has 0 spiro atoms. The lowest BCUT2D eigenvalue weighted by Crippen LogP contribution is -2.42. The quantitative estimate of drug-likeness (QED) is 0.827. The van der Waals surface area contributed by atoms with Gasteiger partial charge in [-0.1, -0.05) is 20.8 Å². The molecule has 3 unspecified atom stereocenters. The number of nitrogens with one attached hydrogen (secondary N) is 1. The van der Waals surface area contributed by atoms with Crippen LogP contribution in [0.15, 0.2) is 16.8 Å². The van der Waals surface area contributed by atoms with Gasteiger partial charge in [0.25, 0.3) is 0 Å². The van der Waals surface area contributed by atoms with Crippen molar-refractivity contribution in [3.05, 3.63) is 22.4 Å². The summed E-state index contributed by atoms with van der Waals surface area (Å²) >= 11 is 1.79. The summed E-state index contributed by atoms with van der Waals surface area (Å²) in [6.07, 6.45) is 4.02. The van der Waals surface area contributed by atoms with Crippen molar-refractivity contribution in [2.45, 2.75) is 59.0 Å². The van der Waals surface area contributed by atoms with E-state index in [0.29, 0.717) is 17.5 Å². The van der Waals surface area contributed by atoms with Crippen molar-refractivity contribution < 1.29 is 0 Å². The van der Waals surface area contributed by atoms with Gasteiger partial charge in [-0.2, -0.15) is 11.3 Å². The monoisotopic (exact) mass is 251 g/mol. The SMILES string of the molecule is CC(NC1CCC(C)(C)CC1C)c1ccsc1. The third-order valence-corrected chi connectivity index (χ3v) is 4.90. The van der Waals surface area contributed by atoms with Crippen LogP contribution in [0.5, 0.6) is 0 Å². The third-order valence-electron chi connectivity index (χ3n) is 4.20. The fourth-order valence-electron chi connectivity index (χ4n) is 3.13. The number of rotatable bonds is 3. The minimum Gasteiger partial charge on any atom is -0.307 e. The molecule has 1 N–H and O–H groups in total. The van der Waals surface area contributed by atoms with E-state index in [1.807, 2.05) is 0 Å². The molecule has 3 atom stereocenters. The second kappa shape index (κ2) is 5.11. The topological polar surface area (TPSA) is 12.0 Å². The highest BCUT2D eigenvalue weighted by Gasteiger charge is 2.32. The molecule has 1 aromatic rings. The van der Waals surface area contributed by atoms with E-state index >= 15 is 0 Å². The van der Waals surface area contributed by atoms with Crippen LogP contribution >= 0.6 is 11.3 Å². The van der Waals surface area contributed by atoms with E-state index in [1.54, 1.807) is 11.3 Å². The predicted octanol–water partition coefficient (Wildman–Crippen LogP) is 4.61. The average Bonchev–Trinajstić information content (AvgIpc) is 2.74. The Balaban J connectivity index is 1.92. The predicted molar refractivity (Wildman–Crippen MR) is 76.5 cm³/mol. The highest BCUT2D eigenvalue weighted by Crippen LogP contribution is 2.39. The Kier molecular flexibility index (Phi) is 3.94. The summed E-state index contributed by atoms with van der Waals surface area (Å²) < 4.78 is 0. The fourth-order valence-corrected chi connectivity index (χ4v) is 3.89. The van der Waals surface area contributed by atoms with Gasteiger partial charge in [0.05, 0.1) is 0 Å². The molecule has 96 valence electrons. The lowest BCUT2D eigenvalue weighted by atomic mass is 9.70. The smallest absolute Gasteiger partial charge is 0.0302 e. The molecule has 1 heterocycles. The highest BCUT2D eigenvalue weighted by molar-refractivity contribution is 7.07. The summed E-state index contributed by atoms with van der Waals surface area (Å²) in [5.74, 6) is 0.792. The van der Waals surface area contributed by atoms with Crippen molar-refractivity contribution in [1.82, 2.24) is 5.32 Å². The van der Waals surface area contributed by atoms with E-state index in [1.165, 1.54) is 24.8 Å². The maximum atomic E-state index is 3.82. The standard InChI is InChI=1S/C15H25NS/c1-11-9-15(3,4)7-5-14(11)16-12(2)13-6-8-17-10-13/h6,8,10-12,14,16H,5,7,9H2,1-4H3. The van der Waals surface area contributed by atoms with E-state index < -0.39 is 0 Å². The van der Waals surface area contributed by atoms with E-state index in [4.69, 9.17) is 0 Å². The Bertz CT molecular complexity index is 342. The fraction of sp³-hybridized carbons (Fsp3) is 0.733. The lowest BCUT2D eigenvalue weighted by Gasteiger charge is -2.40. The summed E-state index contributed by atoms with van der Waals surface area (Å²) in [6, 6.07) is 3.42. The molecule has 17 heavy (non-hydrogen) atoms. The molecule has 0 radical (unpaired) electrons. The van der Waals surface area contributed by atoms with Gasteiger partial charge in [0, 0.05) is 12.1 Å². The molecule has 0 aromatic carbocycles. The second-order valence-corrected chi connectivity index (χ2v) is 7.22. The van der Waals surface area contributed by atoms with Crippen LogP contribution in [-0.2, 0) is 0 Å². The van der Waals surface area contributed by atoms with Crippen LogP contribution in [0.4, 0.5) is 0 Å². The van der Waals surface area contributed by atoms with Gasteiger partial charge in [-0.15, -0.1) is 0 Å². The Labute approximate surface area is 110 Å². The first-order valence-electron chi connectivity index (χ1n) is 6.76. The van der Waals surface area contributed by atoms with Gasteiger partial charge in [0.1, 0.15) is 0 Å². The second-order valence-electron chi connectivity index (χ2n) is 6.44. The Morgan fingerprint density at radius 2 is 2.24 bits per heavy atom. The zero-order valence-corrected chi connectivity index (χ0v) is 12.3. The molecule has 1 aliphatic carbocycles. The molecule has 1 saturated carbocycles. The minimum atomic E-state index is 0.495. The molecular formula is C15H25NS. The van der Waals surface area contributed by atoms with Crippen LogP contribution < -0.4 is 5.32 Å². The maximum Gasteiger partial charge on any atom is 0.0302 e. The summed E-state index contributed by atoms with van der Waals surface area (Å²) in [6.45, 7) is 9.50. The van der Waals surface area contributed by atoms with Gasteiger partial charge >= 0.3 is 0 Å². The first-order chi connectivity index (χ1) is 7.98. The summed E-state index contributed by atoms with van der Waals surface area (Å²) in [5, 5.41) is 8.24. The van der Waals surface area contributed by atoms with Crippen LogP contribution in [0, 0.1) is 11.3 Å². The van der Waals surface area contributed by atoms with Crippen molar-refractivity contribution in [2.75, 3.05) is 0 Å². The number of thiophene rings is 1. The molecular weight excluding hydrogens is 226 g/mol. The molecule has 1 fully saturated rings. The van der Waals surface area contributed by atoms with E-state index in [0.717, 1.165) is 5.92 Å². The maximum absolute atomic E-state index is 3.82. The first kappa shape index (κ1) is 13.1. The molecule has 0 saturated heterocycles. The van der Waals surface area contributed by atoms with Crippen LogP contribution in [0.2, 0.25) is 0 Å². The molecule has 0 amide bonds. The van der Waals surface area contributed by atoms with Crippen molar-refractivity contribution >= 4 is 11.3 Å². The van der Waals surface area contributed by atoms with Crippen LogP contribution in [-0.4, -0.2) is 6.04 Å². The Hall–Kier alpha value is -0.340. The highest BCUT2D eigenvalue weighted by atomic mass is 32.1. The Morgan fingerprint density at radius 1 is 1.47 bits per heavy atom. The minimum absolute atomic E-state index is 0.495. The van der Waals surface area contributed by atoms with Crippen molar-refractivity contribution in [1.29, 1.82) is 0 Å². The molecule has 1 aliphatic rings. The lowest BCUT2D eigenvalue weighted by molar-refractivity contribution is 0.143. The van der Waals surface area contributed by atoms with Crippen LogP contribution in [0.1, 0.15) is 58.6 Å². The van der Waals surface area contributed by atoms with Gasteiger partial charge in [0.2, 0.25) is 0 Å². The van der Waals surface area contributed by atoms with E-state index in [2.05, 4.69) is 49.8 Å². The molecule has 1 nitrogen and oxygen atoms in total.